The molecule has 96 valence electrons. The van der Waals surface area contributed by atoms with Gasteiger partial charge in [0.1, 0.15) is 0 Å². The predicted octanol–water partition coefficient (Wildman–Crippen LogP) is 0.841. The van der Waals surface area contributed by atoms with Gasteiger partial charge < -0.3 is 15.3 Å². The molecule has 1 aliphatic rings. The third-order valence-corrected chi connectivity index (χ3v) is 3.01. The summed E-state index contributed by atoms with van der Waals surface area (Å²) in [5.74, 6) is 0.546. The Hall–Kier alpha value is -0.330. The van der Waals surface area contributed by atoms with Gasteiger partial charge >= 0.3 is 6.18 Å². The molecule has 0 radical (unpaired) electrons. The molecule has 2 N–H and O–H groups in total. The molecule has 0 saturated carbocycles. The maximum Gasteiger partial charge on any atom is 0.415 e. The molecule has 1 unspecified atom stereocenters. The lowest BCUT2D eigenvalue weighted by Crippen LogP contribution is -2.45. The maximum absolute atomic E-state index is 12.1. The molecular weight excluding hydrogens is 221 g/mol. The summed E-state index contributed by atoms with van der Waals surface area (Å²) in [4.78, 5) is 1.68. The first-order valence-corrected chi connectivity index (χ1v) is 5.55. The zero-order chi connectivity index (χ0) is 12.2. The SMILES string of the molecule is CNCC1CCN(CC(O)C(F)(F)F)CC1. The first kappa shape index (κ1) is 13.7. The molecule has 6 heteroatoms. The van der Waals surface area contributed by atoms with E-state index in [1.807, 2.05) is 7.05 Å². The van der Waals surface area contributed by atoms with Gasteiger partial charge in [0.15, 0.2) is 6.10 Å². The zero-order valence-electron chi connectivity index (χ0n) is 9.43. The second-order valence-corrected chi connectivity index (χ2v) is 4.36. The fraction of sp³-hybridized carbons (Fsp3) is 1.00. The second-order valence-electron chi connectivity index (χ2n) is 4.36. The number of hydrogen-bond acceptors (Lipinski definition) is 3. The Labute approximate surface area is 93.6 Å². The first-order valence-electron chi connectivity index (χ1n) is 5.55. The Bertz CT molecular complexity index is 203. The molecule has 0 spiro atoms. The molecule has 1 saturated heterocycles. The number of nitrogens with one attached hydrogen (secondary N) is 1. The summed E-state index contributed by atoms with van der Waals surface area (Å²) in [6.45, 7) is 1.89. The molecule has 3 nitrogen and oxygen atoms in total. The van der Waals surface area contributed by atoms with E-state index in [0.717, 1.165) is 19.4 Å². The van der Waals surface area contributed by atoms with Crippen LogP contribution in [0.2, 0.25) is 0 Å². The van der Waals surface area contributed by atoms with E-state index in [9.17, 15) is 13.2 Å². The Morgan fingerprint density at radius 2 is 1.94 bits per heavy atom. The van der Waals surface area contributed by atoms with Crippen LogP contribution in [0.15, 0.2) is 0 Å². The van der Waals surface area contributed by atoms with Crippen LogP contribution in [0.3, 0.4) is 0 Å². The minimum Gasteiger partial charge on any atom is -0.382 e. The Morgan fingerprint density at radius 1 is 1.38 bits per heavy atom. The van der Waals surface area contributed by atoms with Gasteiger partial charge in [-0.3, -0.25) is 0 Å². The van der Waals surface area contributed by atoms with Crippen LogP contribution in [0, 0.1) is 5.92 Å². The average molecular weight is 240 g/mol. The average Bonchev–Trinajstić information content (AvgIpc) is 2.20. The topological polar surface area (TPSA) is 35.5 Å². The van der Waals surface area contributed by atoms with Gasteiger partial charge in [-0.25, -0.2) is 0 Å². The van der Waals surface area contributed by atoms with Crippen molar-refractivity contribution >= 4 is 0 Å². The predicted molar refractivity (Wildman–Crippen MR) is 55.2 cm³/mol. The van der Waals surface area contributed by atoms with Crippen molar-refractivity contribution in [2.45, 2.75) is 25.1 Å². The van der Waals surface area contributed by atoms with Gasteiger partial charge in [-0.15, -0.1) is 0 Å². The number of rotatable bonds is 4. The lowest BCUT2D eigenvalue weighted by molar-refractivity contribution is -0.208. The van der Waals surface area contributed by atoms with Crippen molar-refractivity contribution in [3.63, 3.8) is 0 Å². The maximum atomic E-state index is 12.1. The molecule has 0 aromatic heterocycles. The highest BCUT2D eigenvalue weighted by molar-refractivity contribution is 4.77. The molecule has 0 aromatic rings. The molecule has 0 bridgehead atoms. The molecular formula is C10H19F3N2O. The quantitative estimate of drug-likeness (QED) is 0.764. The Morgan fingerprint density at radius 3 is 2.38 bits per heavy atom. The van der Waals surface area contributed by atoms with Crippen molar-refractivity contribution in [1.82, 2.24) is 10.2 Å². The largest absolute Gasteiger partial charge is 0.415 e. The van der Waals surface area contributed by atoms with Crippen molar-refractivity contribution < 1.29 is 18.3 Å². The Kier molecular flexibility index (Phi) is 5.01. The van der Waals surface area contributed by atoms with E-state index in [4.69, 9.17) is 5.11 Å². The van der Waals surface area contributed by atoms with Crippen LogP contribution >= 0.6 is 0 Å². The number of piperidine rings is 1. The fourth-order valence-corrected chi connectivity index (χ4v) is 2.01. The van der Waals surface area contributed by atoms with Crippen molar-refractivity contribution in [3.05, 3.63) is 0 Å². The van der Waals surface area contributed by atoms with Crippen molar-refractivity contribution in [2.75, 3.05) is 33.2 Å². The van der Waals surface area contributed by atoms with Gasteiger partial charge in [0.2, 0.25) is 0 Å². The number of halogens is 3. The highest BCUT2D eigenvalue weighted by Gasteiger charge is 2.39. The molecule has 0 amide bonds. The van der Waals surface area contributed by atoms with Crippen LogP contribution in [0.25, 0.3) is 0 Å². The minimum absolute atomic E-state index is 0.296. The summed E-state index contributed by atoms with van der Waals surface area (Å²) in [5.41, 5.74) is 0. The molecule has 1 heterocycles. The number of β-amino-alcohol motifs (C(OH)–C–C–N with tert-alkyl or cyclic N) is 1. The van der Waals surface area contributed by atoms with E-state index in [1.54, 1.807) is 4.90 Å². The normalized spacial score (nSPS) is 22.3. The van der Waals surface area contributed by atoms with Gasteiger partial charge in [0.25, 0.3) is 0 Å². The fourth-order valence-electron chi connectivity index (χ4n) is 2.01. The van der Waals surface area contributed by atoms with E-state index in [2.05, 4.69) is 5.32 Å². The molecule has 1 rings (SSSR count). The molecule has 0 aliphatic carbocycles. The number of likely N-dealkylation sites (tertiary alicyclic amines) is 1. The highest BCUT2D eigenvalue weighted by atomic mass is 19.4. The van der Waals surface area contributed by atoms with Crippen LogP contribution in [0.5, 0.6) is 0 Å². The number of nitrogens with zero attached hydrogens (tertiary/aromatic N) is 1. The molecule has 0 aromatic carbocycles. The third kappa shape index (κ3) is 4.27. The summed E-state index contributed by atoms with van der Waals surface area (Å²) in [6, 6.07) is 0. The van der Waals surface area contributed by atoms with Gasteiger partial charge in [-0.2, -0.15) is 13.2 Å². The van der Waals surface area contributed by atoms with Crippen LogP contribution in [-0.2, 0) is 0 Å². The van der Waals surface area contributed by atoms with Crippen LogP contribution in [0.1, 0.15) is 12.8 Å². The van der Waals surface area contributed by atoms with E-state index >= 15 is 0 Å². The molecule has 1 fully saturated rings. The van der Waals surface area contributed by atoms with E-state index < -0.39 is 12.3 Å². The van der Waals surface area contributed by atoms with Gasteiger partial charge in [0.05, 0.1) is 0 Å². The number of hydrogen-bond donors (Lipinski definition) is 2. The molecule has 1 aliphatic heterocycles. The summed E-state index contributed by atoms with van der Waals surface area (Å²) in [6.07, 6.45) is -4.92. The van der Waals surface area contributed by atoms with Crippen LogP contribution < -0.4 is 5.32 Å². The monoisotopic (exact) mass is 240 g/mol. The third-order valence-electron chi connectivity index (χ3n) is 3.01. The van der Waals surface area contributed by atoms with Crippen LogP contribution in [0.4, 0.5) is 13.2 Å². The summed E-state index contributed by atoms with van der Waals surface area (Å²) < 4.78 is 36.3. The number of aliphatic hydroxyl groups is 1. The van der Waals surface area contributed by atoms with E-state index in [0.29, 0.717) is 19.0 Å². The lowest BCUT2D eigenvalue weighted by atomic mass is 9.96. The van der Waals surface area contributed by atoms with E-state index in [1.165, 1.54) is 0 Å². The Balaban J connectivity index is 2.27. The number of aliphatic hydroxyl groups excluding tert-OH is 1. The second kappa shape index (κ2) is 5.84. The van der Waals surface area contributed by atoms with Crippen LogP contribution in [-0.4, -0.2) is 55.5 Å². The lowest BCUT2D eigenvalue weighted by Gasteiger charge is -2.33. The summed E-state index contributed by atoms with van der Waals surface area (Å²) in [5, 5.41) is 12.0. The first-order chi connectivity index (χ1) is 7.43. The minimum atomic E-state index is -4.50. The summed E-state index contributed by atoms with van der Waals surface area (Å²) in [7, 11) is 1.87. The van der Waals surface area contributed by atoms with Gasteiger partial charge in [0, 0.05) is 6.54 Å². The molecule has 16 heavy (non-hydrogen) atoms. The van der Waals surface area contributed by atoms with E-state index in [-0.39, 0.29) is 6.54 Å². The molecule has 1 atom stereocenters. The number of alkyl halides is 3. The highest BCUT2D eigenvalue weighted by Crippen LogP contribution is 2.23. The summed E-state index contributed by atoms with van der Waals surface area (Å²) >= 11 is 0. The van der Waals surface area contributed by atoms with Gasteiger partial charge in [-0.05, 0) is 45.4 Å². The van der Waals surface area contributed by atoms with Crippen molar-refractivity contribution in [1.29, 1.82) is 0 Å². The standard InChI is InChI=1S/C10H19F3N2O/c1-14-6-8-2-4-15(5-3-8)7-9(16)10(11,12)13/h8-9,14,16H,2-7H2,1H3. The van der Waals surface area contributed by atoms with Crippen molar-refractivity contribution in [2.24, 2.45) is 5.92 Å². The zero-order valence-corrected chi connectivity index (χ0v) is 9.43. The smallest absolute Gasteiger partial charge is 0.382 e. The van der Waals surface area contributed by atoms with Crippen molar-refractivity contribution in [3.8, 4) is 0 Å². The van der Waals surface area contributed by atoms with Gasteiger partial charge in [-0.1, -0.05) is 0 Å².